The van der Waals surface area contributed by atoms with Gasteiger partial charge in [-0.3, -0.25) is 24.2 Å². The van der Waals surface area contributed by atoms with Gasteiger partial charge in [0, 0.05) is 6.54 Å². The van der Waals surface area contributed by atoms with Gasteiger partial charge < -0.3 is 4.90 Å². The number of imide groups is 1. The molecule has 0 atom stereocenters. The summed E-state index contributed by atoms with van der Waals surface area (Å²) in [6.07, 6.45) is 0.672. The van der Waals surface area contributed by atoms with E-state index in [2.05, 4.69) is 4.98 Å². The topological polar surface area (TPSA) is 73.8 Å². The number of halogens is 2. The van der Waals surface area contributed by atoms with Crippen LogP contribution < -0.4 is 4.90 Å². The molecule has 0 radical (unpaired) electrons. The molecule has 0 spiro atoms. The number of carbonyl (C=O) groups excluding carboxylic acids is 3. The minimum Gasteiger partial charge on any atom is -0.309 e. The predicted octanol–water partition coefficient (Wildman–Crippen LogP) is 3.44. The number of rotatable bonds is 7. The fourth-order valence-corrected chi connectivity index (χ4v) is 4.51. The van der Waals surface area contributed by atoms with Crippen molar-refractivity contribution < 1.29 is 18.8 Å². The van der Waals surface area contributed by atoms with Crippen LogP contribution in [0.15, 0.2) is 42.5 Å². The van der Waals surface area contributed by atoms with Gasteiger partial charge in [0.1, 0.15) is 12.4 Å². The smallest absolute Gasteiger partial charge is 0.262 e. The molecule has 0 saturated carbocycles. The van der Waals surface area contributed by atoms with Crippen molar-refractivity contribution in [2.75, 3.05) is 38.6 Å². The molecule has 0 fully saturated rings. The Morgan fingerprint density at radius 1 is 1.06 bits per heavy atom. The van der Waals surface area contributed by atoms with Crippen LogP contribution in [-0.2, 0) is 4.79 Å². The Labute approximate surface area is 194 Å². The average Bonchev–Trinajstić information content (AvgIpc) is 3.25. The molecule has 4 rings (SSSR count). The standard InChI is InChI=1S/C22H21FN4O3S.ClH/c1-25(2)10-5-11-26(22-24-17-9-8-14(23)12-18(17)31-22)19(28)13-27-20(29)15-6-3-4-7-16(15)21(27)30;/h3-4,6-9,12H,5,10-11,13H2,1-2H3;1H. The van der Waals surface area contributed by atoms with Gasteiger partial charge in [-0.1, -0.05) is 23.5 Å². The number of fused-ring (bicyclic) bond motifs is 2. The van der Waals surface area contributed by atoms with Crippen LogP contribution in [0, 0.1) is 5.82 Å². The fourth-order valence-electron chi connectivity index (χ4n) is 3.48. The van der Waals surface area contributed by atoms with Crippen LogP contribution in [0.3, 0.4) is 0 Å². The number of hydrogen-bond acceptors (Lipinski definition) is 6. The van der Waals surface area contributed by atoms with Gasteiger partial charge in [-0.05, 0) is 57.4 Å². The zero-order chi connectivity index (χ0) is 22.1. The highest BCUT2D eigenvalue weighted by Gasteiger charge is 2.37. The largest absolute Gasteiger partial charge is 0.309 e. The molecule has 2 aromatic carbocycles. The van der Waals surface area contributed by atoms with Crippen LogP contribution in [0.1, 0.15) is 27.1 Å². The van der Waals surface area contributed by atoms with E-state index in [4.69, 9.17) is 0 Å². The number of anilines is 1. The lowest BCUT2D eigenvalue weighted by molar-refractivity contribution is -0.119. The molecule has 0 bridgehead atoms. The lowest BCUT2D eigenvalue weighted by Crippen LogP contribution is -2.43. The zero-order valence-corrected chi connectivity index (χ0v) is 19.2. The highest BCUT2D eigenvalue weighted by Crippen LogP contribution is 2.30. The van der Waals surface area contributed by atoms with Crippen LogP contribution in [0.4, 0.5) is 9.52 Å². The summed E-state index contributed by atoms with van der Waals surface area (Å²) in [5.74, 6) is -1.74. The second-order valence-corrected chi connectivity index (χ2v) is 8.56. The van der Waals surface area contributed by atoms with Crippen LogP contribution >= 0.6 is 23.7 Å². The highest BCUT2D eigenvalue weighted by atomic mass is 35.5. The fraction of sp³-hybridized carbons (Fsp3) is 0.273. The van der Waals surface area contributed by atoms with Gasteiger partial charge in [0.25, 0.3) is 11.8 Å². The van der Waals surface area contributed by atoms with Crippen molar-refractivity contribution in [1.29, 1.82) is 0 Å². The molecule has 0 unspecified atom stereocenters. The third kappa shape index (κ3) is 4.64. The molecule has 0 N–H and O–H groups in total. The molecule has 3 amide bonds. The maximum atomic E-state index is 13.6. The van der Waals surface area contributed by atoms with E-state index in [1.54, 1.807) is 30.3 Å². The summed E-state index contributed by atoms with van der Waals surface area (Å²) >= 11 is 1.21. The molecule has 10 heteroatoms. The number of nitrogens with zero attached hydrogens (tertiary/aromatic N) is 4. The van der Waals surface area contributed by atoms with E-state index in [0.29, 0.717) is 39.4 Å². The molecule has 7 nitrogen and oxygen atoms in total. The van der Waals surface area contributed by atoms with Gasteiger partial charge in [-0.15, -0.1) is 12.4 Å². The van der Waals surface area contributed by atoms with E-state index in [1.807, 2.05) is 19.0 Å². The molecule has 168 valence electrons. The van der Waals surface area contributed by atoms with E-state index in [0.717, 1.165) is 11.4 Å². The molecule has 32 heavy (non-hydrogen) atoms. The summed E-state index contributed by atoms with van der Waals surface area (Å²) in [5, 5.41) is 0.418. The summed E-state index contributed by atoms with van der Waals surface area (Å²) in [6, 6.07) is 10.8. The Morgan fingerprint density at radius 3 is 2.34 bits per heavy atom. The Morgan fingerprint density at radius 2 is 1.72 bits per heavy atom. The van der Waals surface area contributed by atoms with Gasteiger partial charge in [0.2, 0.25) is 5.91 Å². The quantitative estimate of drug-likeness (QED) is 0.488. The summed E-state index contributed by atoms with van der Waals surface area (Å²) < 4.78 is 14.2. The lowest BCUT2D eigenvalue weighted by Gasteiger charge is -2.23. The molecular formula is C22H22ClFN4O3S. The van der Waals surface area contributed by atoms with Crippen molar-refractivity contribution in [3.8, 4) is 0 Å². The first-order valence-electron chi connectivity index (χ1n) is 9.81. The molecule has 0 saturated heterocycles. The number of aromatic nitrogens is 1. The maximum Gasteiger partial charge on any atom is 0.262 e. The van der Waals surface area contributed by atoms with E-state index in [1.165, 1.54) is 28.4 Å². The van der Waals surface area contributed by atoms with Crippen molar-refractivity contribution in [3.63, 3.8) is 0 Å². The lowest BCUT2D eigenvalue weighted by atomic mass is 10.1. The van der Waals surface area contributed by atoms with Crippen LogP contribution in [0.5, 0.6) is 0 Å². The summed E-state index contributed by atoms with van der Waals surface area (Å²) in [4.78, 5) is 47.5. The predicted molar refractivity (Wildman–Crippen MR) is 124 cm³/mol. The first-order valence-corrected chi connectivity index (χ1v) is 10.6. The monoisotopic (exact) mass is 476 g/mol. The molecular weight excluding hydrogens is 455 g/mol. The molecule has 1 aromatic heterocycles. The number of hydrogen-bond donors (Lipinski definition) is 0. The first kappa shape index (κ1) is 23.8. The highest BCUT2D eigenvalue weighted by molar-refractivity contribution is 7.22. The van der Waals surface area contributed by atoms with Crippen LogP contribution in [0.25, 0.3) is 10.2 Å². The number of benzene rings is 2. The number of thiazole rings is 1. The van der Waals surface area contributed by atoms with E-state index in [-0.39, 0.29) is 24.8 Å². The zero-order valence-electron chi connectivity index (χ0n) is 17.6. The second-order valence-electron chi connectivity index (χ2n) is 7.55. The van der Waals surface area contributed by atoms with Gasteiger partial charge in [-0.2, -0.15) is 0 Å². The number of carbonyl (C=O) groups is 3. The third-order valence-electron chi connectivity index (χ3n) is 5.03. The Hall–Kier alpha value is -2.88. The SMILES string of the molecule is CN(C)CCCN(C(=O)CN1C(=O)c2ccccc2C1=O)c1nc2ccc(F)cc2s1.Cl. The minimum atomic E-state index is -0.478. The van der Waals surface area contributed by atoms with Crippen molar-refractivity contribution in [3.05, 3.63) is 59.4 Å². The normalized spacial score (nSPS) is 12.9. The summed E-state index contributed by atoms with van der Waals surface area (Å²) in [7, 11) is 3.87. The van der Waals surface area contributed by atoms with Crippen molar-refractivity contribution in [2.45, 2.75) is 6.42 Å². The first-order chi connectivity index (χ1) is 14.8. The van der Waals surface area contributed by atoms with Crippen LogP contribution in [-0.4, -0.2) is 66.2 Å². The Kier molecular flexibility index (Phi) is 7.22. The summed E-state index contributed by atoms with van der Waals surface area (Å²) in [6.45, 7) is 0.734. The Bertz CT molecular complexity index is 1150. The molecule has 3 aromatic rings. The van der Waals surface area contributed by atoms with E-state index >= 15 is 0 Å². The molecule has 1 aliphatic heterocycles. The molecule has 2 heterocycles. The Balaban J connectivity index is 0.00000289. The van der Waals surface area contributed by atoms with Crippen molar-refractivity contribution in [2.24, 2.45) is 0 Å². The average molecular weight is 477 g/mol. The van der Waals surface area contributed by atoms with Gasteiger partial charge in [0.05, 0.1) is 21.3 Å². The third-order valence-corrected chi connectivity index (χ3v) is 6.07. The van der Waals surface area contributed by atoms with Crippen molar-refractivity contribution in [1.82, 2.24) is 14.8 Å². The molecule has 0 aliphatic carbocycles. The molecule has 1 aliphatic rings. The summed E-state index contributed by atoms with van der Waals surface area (Å²) in [5.41, 5.74) is 1.19. The second kappa shape index (κ2) is 9.72. The number of amides is 3. The van der Waals surface area contributed by atoms with E-state index < -0.39 is 17.7 Å². The van der Waals surface area contributed by atoms with Crippen molar-refractivity contribution >= 4 is 56.8 Å². The maximum absolute atomic E-state index is 13.6. The van der Waals surface area contributed by atoms with Crippen LogP contribution in [0.2, 0.25) is 0 Å². The minimum absolute atomic E-state index is 0. The van der Waals surface area contributed by atoms with Gasteiger partial charge >= 0.3 is 0 Å². The van der Waals surface area contributed by atoms with E-state index in [9.17, 15) is 18.8 Å². The van der Waals surface area contributed by atoms with Gasteiger partial charge in [0.15, 0.2) is 5.13 Å². The van der Waals surface area contributed by atoms with Gasteiger partial charge in [-0.25, -0.2) is 9.37 Å².